The van der Waals surface area contributed by atoms with Gasteiger partial charge in [-0.05, 0) is 6.92 Å². The summed E-state index contributed by atoms with van der Waals surface area (Å²) >= 11 is 0. The average Bonchev–Trinajstić information content (AvgIpc) is 1.78. The maximum absolute atomic E-state index is 12.6. The topological polar surface area (TPSA) is 45.8 Å². The maximum atomic E-state index is 12.6. The predicted molar refractivity (Wildman–Crippen MR) is 34.6 cm³/mol. The van der Waals surface area contributed by atoms with Gasteiger partial charge in [-0.15, -0.1) is 0 Å². The molecule has 0 amide bonds. The van der Waals surface area contributed by atoms with Gasteiger partial charge in [0.2, 0.25) is 5.95 Å². The Labute approximate surface area is 69.4 Å². The summed E-state index contributed by atoms with van der Waals surface area (Å²) in [5.41, 5.74) is -3.41. The molecule has 0 bridgehead atoms. The molecule has 0 fully saturated rings. The highest BCUT2D eigenvalue weighted by Crippen LogP contribution is 2.27. The van der Waals surface area contributed by atoms with E-state index in [4.69, 9.17) is 0 Å². The summed E-state index contributed by atoms with van der Waals surface area (Å²) in [6.45, 7) is 1.19. The van der Waals surface area contributed by atoms with Crippen LogP contribution < -0.4 is 5.56 Å². The first kappa shape index (κ1) is 9.69. The summed E-state index contributed by atoms with van der Waals surface area (Å²) < 4.78 is 48.4. The Morgan fingerprint density at radius 3 is 2.31 bits per heavy atom. The van der Waals surface area contributed by atoms with Gasteiger partial charge in [0, 0.05) is 0 Å². The molecule has 0 atom stereocenters. The lowest BCUT2D eigenvalue weighted by Gasteiger charge is -2.05. The van der Waals surface area contributed by atoms with Crippen LogP contribution in [0.1, 0.15) is 11.4 Å². The van der Waals surface area contributed by atoms with E-state index in [1.165, 1.54) is 6.92 Å². The van der Waals surface area contributed by atoms with Crippen molar-refractivity contribution in [3.05, 3.63) is 27.7 Å². The predicted octanol–water partition coefficient (Wildman–Crippen LogP) is 1.24. The summed E-state index contributed by atoms with van der Waals surface area (Å²) in [6, 6.07) is 0. The van der Waals surface area contributed by atoms with E-state index in [1.54, 1.807) is 4.98 Å². The van der Waals surface area contributed by atoms with Crippen molar-refractivity contribution in [2.24, 2.45) is 0 Å². The van der Waals surface area contributed by atoms with Crippen molar-refractivity contribution in [3.8, 4) is 0 Å². The number of hydrogen-bond acceptors (Lipinski definition) is 2. The van der Waals surface area contributed by atoms with Crippen LogP contribution in [-0.2, 0) is 6.18 Å². The molecule has 0 aromatic carbocycles. The molecule has 1 N–H and O–H groups in total. The van der Waals surface area contributed by atoms with E-state index in [-0.39, 0.29) is 5.82 Å². The van der Waals surface area contributed by atoms with Gasteiger partial charge in [0.15, 0.2) is 5.56 Å². The van der Waals surface area contributed by atoms with Crippen molar-refractivity contribution >= 4 is 0 Å². The van der Waals surface area contributed by atoms with E-state index < -0.39 is 23.2 Å². The molecule has 0 radical (unpaired) electrons. The van der Waals surface area contributed by atoms with Crippen molar-refractivity contribution in [1.82, 2.24) is 9.97 Å². The van der Waals surface area contributed by atoms with Crippen LogP contribution in [0, 0.1) is 12.9 Å². The van der Waals surface area contributed by atoms with Crippen molar-refractivity contribution in [3.63, 3.8) is 0 Å². The third-order valence-corrected chi connectivity index (χ3v) is 1.28. The zero-order chi connectivity index (χ0) is 10.2. The molecule has 13 heavy (non-hydrogen) atoms. The molecule has 1 heterocycles. The van der Waals surface area contributed by atoms with E-state index >= 15 is 0 Å². The number of alkyl halides is 3. The molecule has 1 rings (SSSR count). The van der Waals surface area contributed by atoms with Gasteiger partial charge in [-0.3, -0.25) is 4.79 Å². The Balaban J connectivity index is 3.47. The highest BCUT2D eigenvalue weighted by molar-refractivity contribution is 5.11. The molecule has 0 saturated carbocycles. The third kappa shape index (κ3) is 1.85. The van der Waals surface area contributed by atoms with E-state index in [1.807, 2.05) is 0 Å². The normalized spacial score (nSPS) is 11.8. The van der Waals surface area contributed by atoms with Crippen molar-refractivity contribution < 1.29 is 17.6 Å². The van der Waals surface area contributed by atoms with Crippen LogP contribution in [-0.4, -0.2) is 9.97 Å². The smallest absolute Gasteiger partial charge is 0.310 e. The lowest BCUT2D eigenvalue weighted by atomic mass is 10.3. The standard InChI is InChI=1S/C6H4F4N2O/c1-2-11-4(7)3(5(13)12-2)6(8,9)10/h1H3,(H,11,12,13). The second-order valence-electron chi connectivity index (χ2n) is 2.31. The van der Waals surface area contributed by atoms with Gasteiger partial charge in [0.1, 0.15) is 5.82 Å². The molecule has 1 aromatic rings. The number of aryl methyl sites for hydroxylation is 1. The van der Waals surface area contributed by atoms with E-state index in [0.717, 1.165) is 0 Å². The number of aromatic nitrogens is 2. The van der Waals surface area contributed by atoms with Crippen LogP contribution in [0.2, 0.25) is 0 Å². The Morgan fingerprint density at radius 2 is 1.92 bits per heavy atom. The van der Waals surface area contributed by atoms with Gasteiger partial charge in [-0.2, -0.15) is 17.6 Å². The molecule has 0 spiro atoms. The summed E-state index contributed by atoms with van der Waals surface area (Å²) in [4.78, 5) is 15.3. The minimum Gasteiger partial charge on any atom is -0.310 e. The van der Waals surface area contributed by atoms with Crippen molar-refractivity contribution in [2.45, 2.75) is 13.1 Å². The summed E-state index contributed by atoms with van der Waals surface area (Å²) in [5.74, 6) is -2.00. The maximum Gasteiger partial charge on any atom is 0.426 e. The first-order valence-electron chi connectivity index (χ1n) is 3.16. The lowest BCUT2D eigenvalue weighted by molar-refractivity contribution is -0.141. The van der Waals surface area contributed by atoms with Gasteiger partial charge in [-0.25, -0.2) is 4.98 Å². The molecule has 0 unspecified atom stereocenters. The minimum atomic E-state index is -5.02. The number of aromatic amines is 1. The van der Waals surface area contributed by atoms with Gasteiger partial charge in [0.25, 0.3) is 5.56 Å². The molecule has 3 nitrogen and oxygen atoms in total. The van der Waals surface area contributed by atoms with Gasteiger partial charge >= 0.3 is 6.18 Å². The van der Waals surface area contributed by atoms with Crippen LogP contribution in [0.15, 0.2) is 4.79 Å². The summed E-state index contributed by atoms with van der Waals surface area (Å²) in [5, 5.41) is 0. The van der Waals surface area contributed by atoms with Crippen molar-refractivity contribution in [1.29, 1.82) is 0 Å². The Morgan fingerprint density at radius 1 is 1.38 bits per heavy atom. The number of H-pyrrole nitrogens is 1. The summed E-state index contributed by atoms with van der Waals surface area (Å²) in [6.07, 6.45) is -5.02. The van der Waals surface area contributed by atoms with Crippen LogP contribution in [0.4, 0.5) is 17.6 Å². The number of halogens is 4. The molecule has 1 aromatic heterocycles. The number of rotatable bonds is 0. The summed E-state index contributed by atoms with van der Waals surface area (Å²) in [7, 11) is 0. The second-order valence-corrected chi connectivity index (χ2v) is 2.31. The fraction of sp³-hybridized carbons (Fsp3) is 0.333. The largest absolute Gasteiger partial charge is 0.426 e. The molecule has 0 saturated heterocycles. The fourth-order valence-electron chi connectivity index (χ4n) is 0.797. The van der Waals surface area contributed by atoms with Crippen molar-refractivity contribution in [2.75, 3.05) is 0 Å². The van der Waals surface area contributed by atoms with Gasteiger partial charge < -0.3 is 4.98 Å². The van der Waals surface area contributed by atoms with Crippen LogP contribution in [0.3, 0.4) is 0 Å². The first-order valence-corrected chi connectivity index (χ1v) is 3.16. The zero-order valence-corrected chi connectivity index (χ0v) is 6.37. The molecule has 72 valence electrons. The molecular formula is C6H4F4N2O. The molecule has 0 aliphatic carbocycles. The van der Waals surface area contributed by atoms with Gasteiger partial charge in [0.05, 0.1) is 0 Å². The second kappa shape index (κ2) is 2.82. The molecule has 7 heteroatoms. The highest BCUT2D eigenvalue weighted by Gasteiger charge is 2.38. The van der Waals surface area contributed by atoms with E-state index in [9.17, 15) is 22.4 Å². The molecule has 0 aliphatic rings. The average molecular weight is 196 g/mol. The number of nitrogens with zero attached hydrogens (tertiary/aromatic N) is 1. The SMILES string of the molecule is Cc1nc(F)c(C(F)(F)F)c(=O)[nH]1. The van der Waals surface area contributed by atoms with Gasteiger partial charge in [-0.1, -0.05) is 0 Å². The third-order valence-electron chi connectivity index (χ3n) is 1.28. The first-order chi connectivity index (χ1) is 5.82. The van der Waals surface area contributed by atoms with E-state index in [0.29, 0.717) is 0 Å². The monoisotopic (exact) mass is 196 g/mol. The number of nitrogens with one attached hydrogen (secondary N) is 1. The Hall–Kier alpha value is -1.40. The molecule has 0 aliphatic heterocycles. The van der Waals surface area contributed by atoms with Crippen LogP contribution >= 0.6 is 0 Å². The quantitative estimate of drug-likeness (QED) is 0.501. The lowest BCUT2D eigenvalue weighted by Crippen LogP contribution is -2.25. The Kier molecular flexibility index (Phi) is 2.10. The highest BCUT2D eigenvalue weighted by atomic mass is 19.4. The van der Waals surface area contributed by atoms with E-state index in [2.05, 4.69) is 4.98 Å². The van der Waals surface area contributed by atoms with Crippen LogP contribution in [0.25, 0.3) is 0 Å². The Bertz CT molecular complexity index is 381. The molecular weight excluding hydrogens is 192 g/mol. The fourth-order valence-corrected chi connectivity index (χ4v) is 0.797. The van der Waals surface area contributed by atoms with Crippen LogP contribution in [0.5, 0.6) is 0 Å². The minimum absolute atomic E-state index is 0.199. The number of hydrogen-bond donors (Lipinski definition) is 1. The zero-order valence-electron chi connectivity index (χ0n) is 6.37.